The zero-order chi connectivity index (χ0) is 17.8. The van der Waals surface area contributed by atoms with Crippen LogP contribution in [0.1, 0.15) is 5.56 Å². The van der Waals surface area contributed by atoms with Crippen molar-refractivity contribution in [2.24, 2.45) is 0 Å². The van der Waals surface area contributed by atoms with Crippen LogP contribution in [0.2, 0.25) is 10.0 Å². The van der Waals surface area contributed by atoms with Crippen LogP contribution in [0.15, 0.2) is 36.4 Å². The van der Waals surface area contributed by atoms with Crippen molar-refractivity contribution in [1.29, 1.82) is 0 Å². The molecule has 2 aromatic carbocycles. The Morgan fingerprint density at radius 3 is 2.38 bits per heavy atom. The molecule has 0 amide bonds. The molecule has 1 fully saturated rings. The molecule has 26 heavy (non-hydrogen) atoms. The van der Waals surface area contributed by atoms with Crippen LogP contribution in [0.5, 0.6) is 0 Å². The number of nitro groups is 1. The van der Waals surface area contributed by atoms with Crippen molar-refractivity contribution in [1.82, 2.24) is 5.32 Å². The van der Waals surface area contributed by atoms with Crippen LogP contribution in [0.3, 0.4) is 0 Å². The summed E-state index contributed by atoms with van der Waals surface area (Å²) in [6.07, 6.45) is 0. The van der Waals surface area contributed by atoms with Crippen molar-refractivity contribution in [3.63, 3.8) is 0 Å². The summed E-state index contributed by atoms with van der Waals surface area (Å²) in [6.45, 7) is 3.65. The van der Waals surface area contributed by atoms with E-state index < -0.39 is 0 Å². The van der Waals surface area contributed by atoms with Gasteiger partial charge in [-0.15, -0.1) is 12.4 Å². The van der Waals surface area contributed by atoms with Crippen LogP contribution in [0.25, 0.3) is 0 Å². The van der Waals surface area contributed by atoms with E-state index in [1.165, 1.54) is 0 Å². The number of hydrogen-bond donors (Lipinski definition) is 2. The molecule has 1 heterocycles. The Bertz CT molecular complexity index is 762. The normalized spacial score (nSPS) is 13.8. The molecule has 0 aliphatic carbocycles. The first-order chi connectivity index (χ1) is 12.0. The van der Waals surface area contributed by atoms with Gasteiger partial charge in [-0.1, -0.05) is 23.2 Å². The predicted octanol–water partition coefficient (Wildman–Crippen LogP) is 4.35. The molecule has 1 aliphatic heterocycles. The minimum Gasteiger partial charge on any atom is -0.381 e. The summed E-state index contributed by atoms with van der Waals surface area (Å²) in [5.41, 5.74) is 2.52. The van der Waals surface area contributed by atoms with E-state index in [1.54, 1.807) is 18.2 Å². The van der Waals surface area contributed by atoms with Crippen molar-refractivity contribution in [3.05, 3.63) is 62.1 Å². The molecule has 2 aromatic rings. The maximum atomic E-state index is 11.3. The molecular weight excluding hydrogens is 399 g/mol. The Morgan fingerprint density at radius 1 is 1.12 bits per heavy atom. The summed E-state index contributed by atoms with van der Waals surface area (Å²) in [4.78, 5) is 13.0. The third-order valence-corrected chi connectivity index (χ3v) is 4.49. The van der Waals surface area contributed by atoms with Gasteiger partial charge in [0.25, 0.3) is 5.69 Å². The monoisotopic (exact) mass is 416 g/mol. The molecule has 0 saturated carbocycles. The van der Waals surface area contributed by atoms with Crippen LogP contribution in [-0.4, -0.2) is 31.1 Å². The lowest BCUT2D eigenvalue weighted by Gasteiger charge is -2.29. The van der Waals surface area contributed by atoms with Gasteiger partial charge in [0, 0.05) is 54.5 Å². The molecule has 1 saturated heterocycles. The molecular formula is C17H19Cl3N4O2. The first kappa shape index (κ1) is 20.6. The number of anilines is 2. The number of nitrogens with one attached hydrogen (secondary N) is 2. The van der Waals surface area contributed by atoms with Crippen LogP contribution >= 0.6 is 35.6 Å². The summed E-state index contributed by atoms with van der Waals surface area (Å²) in [5, 5.41) is 19.0. The van der Waals surface area contributed by atoms with Gasteiger partial charge < -0.3 is 15.5 Å². The third-order valence-electron chi connectivity index (χ3n) is 4.05. The van der Waals surface area contributed by atoms with Gasteiger partial charge in [-0.05, 0) is 35.9 Å². The second-order valence-corrected chi connectivity index (χ2v) is 6.70. The standard InChI is InChI=1S/C17H18Cl2N4O2.ClH/c18-13-7-12(8-14(19)9-13)11-21-15-1-2-16(23(24)25)17(10-15)22-5-3-20-4-6-22;/h1-2,7-10,20-21H,3-6,11H2;1H. The van der Waals surface area contributed by atoms with E-state index in [4.69, 9.17) is 23.2 Å². The fourth-order valence-electron chi connectivity index (χ4n) is 2.86. The Balaban J connectivity index is 0.00000243. The van der Waals surface area contributed by atoms with Gasteiger partial charge in [0.2, 0.25) is 0 Å². The Morgan fingerprint density at radius 2 is 1.77 bits per heavy atom. The van der Waals surface area contributed by atoms with Crippen LogP contribution in [0, 0.1) is 10.1 Å². The molecule has 9 heteroatoms. The first-order valence-electron chi connectivity index (χ1n) is 7.96. The van der Waals surface area contributed by atoms with E-state index in [2.05, 4.69) is 10.6 Å². The van der Waals surface area contributed by atoms with Crippen molar-refractivity contribution in [3.8, 4) is 0 Å². The van der Waals surface area contributed by atoms with Gasteiger partial charge in [0.15, 0.2) is 0 Å². The molecule has 0 radical (unpaired) electrons. The van der Waals surface area contributed by atoms with Gasteiger partial charge >= 0.3 is 0 Å². The molecule has 6 nitrogen and oxygen atoms in total. The smallest absolute Gasteiger partial charge is 0.292 e. The summed E-state index contributed by atoms with van der Waals surface area (Å²) < 4.78 is 0. The maximum Gasteiger partial charge on any atom is 0.292 e. The molecule has 0 unspecified atom stereocenters. The highest BCUT2D eigenvalue weighted by Crippen LogP contribution is 2.31. The Kier molecular flexibility index (Phi) is 7.34. The van der Waals surface area contributed by atoms with E-state index in [9.17, 15) is 10.1 Å². The minimum atomic E-state index is -0.335. The van der Waals surface area contributed by atoms with Crippen molar-refractivity contribution in [2.75, 3.05) is 36.4 Å². The van der Waals surface area contributed by atoms with E-state index in [-0.39, 0.29) is 23.0 Å². The van der Waals surface area contributed by atoms with Gasteiger partial charge in [-0.3, -0.25) is 10.1 Å². The molecule has 3 rings (SSSR count). The minimum absolute atomic E-state index is 0. The quantitative estimate of drug-likeness (QED) is 0.559. The SMILES string of the molecule is Cl.O=[N+]([O-])c1ccc(NCc2cc(Cl)cc(Cl)c2)cc1N1CCNCC1. The zero-order valence-corrected chi connectivity index (χ0v) is 16.2. The Labute approximate surface area is 168 Å². The summed E-state index contributed by atoms with van der Waals surface area (Å²) in [6, 6.07) is 10.4. The largest absolute Gasteiger partial charge is 0.381 e. The summed E-state index contributed by atoms with van der Waals surface area (Å²) >= 11 is 12.0. The molecule has 0 spiro atoms. The molecule has 0 atom stereocenters. The van der Waals surface area contributed by atoms with Crippen molar-refractivity contribution in [2.45, 2.75) is 6.54 Å². The number of halogens is 3. The summed E-state index contributed by atoms with van der Waals surface area (Å²) in [7, 11) is 0. The molecule has 2 N–H and O–H groups in total. The summed E-state index contributed by atoms with van der Waals surface area (Å²) in [5.74, 6) is 0. The maximum absolute atomic E-state index is 11.3. The average molecular weight is 418 g/mol. The second kappa shape index (κ2) is 9.28. The molecule has 0 bridgehead atoms. The fraction of sp³-hybridized carbons (Fsp3) is 0.294. The highest BCUT2D eigenvalue weighted by Gasteiger charge is 2.21. The van der Waals surface area contributed by atoms with E-state index in [1.807, 2.05) is 23.1 Å². The predicted molar refractivity (Wildman–Crippen MR) is 109 cm³/mol. The average Bonchev–Trinajstić information content (AvgIpc) is 2.59. The van der Waals surface area contributed by atoms with Gasteiger partial charge in [0.1, 0.15) is 5.69 Å². The van der Waals surface area contributed by atoms with E-state index in [0.29, 0.717) is 22.3 Å². The van der Waals surface area contributed by atoms with Crippen molar-refractivity contribution < 1.29 is 4.92 Å². The van der Waals surface area contributed by atoms with Gasteiger partial charge in [-0.25, -0.2) is 0 Å². The molecule has 0 aromatic heterocycles. The van der Waals surface area contributed by atoms with Crippen LogP contribution < -0.4 is 15.5 Å². The van der Waals surface area contributed by atoms with Gasteiger partial charge in [0.05, 0.1) is 4.92 Å². The molecule has 1 aliphatic rings. The van der Waals surface area contributed by atoms with Gasteiger partial charge in [-0.2, -0.15) is 0 Å². The Hall–Kier alpha value is -1.73. The number of piperazine rings is 1. The number of nitro benzene ring substituents is 1. The number of hydrogen-bond acceptors (Lipinski definition) is 5. The van der Waals surface area contributed by atoms with E-state index >= 15 is 0 Å². The zero-order valence-electron chi connectivity index (χ0n) is 13.9. The third kappa shape index (κ3) is 5.14. The number of nitrogens with zero attached hydrogens (tertiary/aromatic N) is 2. The van der Waals surface area contributed by atoms with Crippen molar-refractivity contribution >= 4 is 52.7 Å². The lowest BCUT2D eigenvalue weighted by Crippen LogP contribution is -2.43. The first-order valence-corrected chi connectivity index (χ1v) is 8.71. The number of benzene rings is 2. The fourth-order valence-corrected chi connectivity index (χ4v) is 3.44. The van der Waals surface area contributed by atoms with Crippen LogP contribution in [0.4, 0.5) is 17.1 Å². The van der Waals surface area contributed by atoms with E-state index in [0.717, 1.165) is 37.4 Å². The number of rotatable bonds is 5. The lowest BCUT2D eigenvalue weighted by atomic mass is 10.2. The topological polar surface area (TPSA) is 70.4 Å². The highest BCUT2D eigenvalue weighted by atomic mass is 35.5. The van der Waals surface area contributed by atoms with Crippen LogP contribution in [-0.2, 0) is 6.54 Å². The highest BCUT2D eigenvalue weighted by molar-refractivity contribution is 6.34. The second-order valence-electron chi connectivity index (χ2n) is 5.83. The molecule has 140 valence electrons. The lowest BCUT2D eigenvalue weighted by molar-refractivity contribution is -0.384.